The molecule has 2 aromatic carbocycles. The summed E-state index contributed by atoms with van der Waals surface area (Å²) in [7, 11) is -2.81. The summed E-state index contributed by atoms with van der Waals surface area (Å²) in [5.74, 6) is -0.176. The van der Waals surface area contributed by atoms with Gasteiger partial charge in [0.05, 0.1) is 24.0 Å². The maximum absolute atomic E-state index is 12.7. The van der Waals surface area contributed by atoms with E-state index in [4.69, 9.17) is 0 Å². The average molecular weight is 373 g/mol. The Morgan fingerprint density at radius 1 is 1.15 bits per heavy atom. The van der Waals surface area contributed by atoms with Crippen molar-refractivity contribution in [3.63, 3.8) is 0 Å². The monoisotopic (exact) mass is 373 g/mol. The van der Waals surface area contributed by atoms with Gasteiger partial charge in [-0.25, -0.2) is 13.2 Å². The number of ether oxygens (including phenoxy) is 1. The van der Waals surface area contributed by atoms with E-state index in [0.717, 1.165) is 0 Å². The predicted octanol–water partition coefficient (Wildman–Crippen LogP) is 1.56. The molecule has 1 aromatic heterocycles. The second-order valence-corrected chi connectivity index (χ2v) is 6.93. The van der Waals surface area contributed by atoms with Crippen molar-refractivity contribution < 1.29 is 17.9 Å². The minimum atomic E-state index is -4.01. The molecule has 9 nitrogen and oxygen atoms in total. The van der Waals surface area contributed by atoms with Gasteiger partial charge in [0.2, 0.25) is 0 Å². The SMILES string of the molecule is COC(=O)c1ccccc1S(=O)(=O)Nc1cccc(-n2nnnc2C)c1. The number of nitrogens with one attached hydrogen (secondary N) is 1. The van der Waals surface area contributed by atoms with Crippen LogP contribution in [0.1, 0.15) is 16.2 Å². The second kappa shape index (κ2) is 6.92. The third-order valence-electron chi connectivity index (χ3n) is 3.55. The van der Waals surface area contributed by atoms with Crippen LogP contribution in [-0.4, -0.2) is 41.7 Å². The molecule has 0 spiro atoms. The Balaban J connectivity index is 1.97. The summed E-state index contributed by atoms with van der Waals surface area (Å²) >= 11 is 0. The highest BCUT2D eigenvalue weighted by Crippen LogP contribution is 2.22. The summed E-state index contributed by atoms with van der Waals surface area (Å²) in [4.78, 5) is 11.7. The van der Waals surface area contributed by atoms with Crippen LogP contribution in [0, 0.1) is 6.92 Å². The summed E-state index contributed by atoms with van der Waals surface area (Å²) in [6.45, 7) is 1.73. The molecule has 0 aliphatic rings. The molecule has 10 heteroatoms. The molecule has 0 aliphatic heterocycles. The fourth-order valence-electron chi connectivity index (χ4n) is 2.36. The minimum Gasteiger partial charge on any atom is -0.465 e. The number of carbonyl (C=O) groups excluding carboxylic acids is 1. The van der Waals surface area contributed by atoms with Gasteiger partial charge >= 0.3 is 5.97 Å². The van der Waals surface area contributed by atoms with Crippen molar-refractivity contribution in [3.8, 4) is 5.69 Å². The van der Waals surface area contributed by atoms with Crippen LogP contribution >= 0.6 is 0 Å². The van der Waals surface area contributed by atoms with E-state index in [1.54, 1.807) is 37.3 Å². The van der Waals surface area contributed by atoms with Crippen molar-refractivity contribution in [3.05, 3.63) is 59.9 Å². The first-order valence-electron chi connectivity index (χ1n) is 7.48. The van der Waals surface area contributed by atoms with Crippen molar-refractivity contribution in [2.24, 2.45) is 0 Å². The molecule has 0 atom stereocenters. The number of methoxy groups -OCH3 is 1. The van der Waals surface area contributed by atoms with E-state index >= 15 is 0 Å². The van der Waals surface area contributed by atoms with Gasteiger partial charge in [-0.2, -0.15) is 4.68 Å². The molecule has 26 heavy (non-hydrogen) atoms. The highest BCUT2D eigenvalue weighted by atomic mass is 32.2. The van der Waals surface area contributed by atoms with Gasteiger partial charge in [0, 0.05) is 0 Å². The zero-order chi connectivity index (χ0) is 18.7. The highest BCUT2D eigenvalue weighted by molar-refractivity contribution is 7.92. The lowest BCUT2D eigenvalue weighted by Gasteiger charge is -2.12. The smallest absolute Gasteiger partial charge is 0.339 e. The van der Waals surface area contributed by atoms with Gasteiger partial charge in [-0.05, 0) is 47.7 Å². The number of nitrogens with zero attached hydrogens (tertiary/aromatic N) is 4. The van der Waals surface area contributed by atoms with Crippen LogP contribution in [0.15, 0.2) is 53.4 Å². The van der Waals surface area contributed by atoms with Crippen molar-refractivity contribution in [2.75, 3.05) is 11.8 Å². The van der Waals surface area contributed by atoms with Gasteiger partial charge in [-0.1, -0.05) is 18.2 Å². The van der Waals surface area contributed by atoms with Gasteiger partial charge < -0.3 is 4.74 Å². The zero-order valence-corrected chi connectivity index (χ0v) is 14.8. The largest absolute Gasteiger partial charge is 0.465 e. The summed E-state index contributed by atoms with van der Waals surface area (Å²) in [6.07, 6.45) is 0. The molecule has 3 rings (SSSR count). The number of benzene rings is 2. The molecule has 3 aromatic rings. The maximum Gasteiger partial charge on any atom is 0.339 e. The molecule has 0 saturated carbocycles. The predicted molar refractivity (Wildman–Crippen MR) is 92.5 cm³/mol. The van der Waals surface area contributed by atoms with Gasteiger partial charge in [0.1, 0.15) is 4.90 Å². The lowest BCUT2D eigenvalue weighted by Crippen LogP contribution is -2.17. The van der Waals surface area contributed by atoms with Crippen molar-refractivity contribution in [2.45, 2.75) is 11.8 Å². The number of sulfonamides is 1. The minimum absolute atomic E-state index is 0.0463. The van der Waals surface area contributed by atoms with E-state index in [2.05, 4.69) is 25.0 Å². The number of carbonyl (C=O) groups is 1. The topological polar surface area (TPSA) is 116 Å². The summed E-state index contributed by atoms with van der Waals surface area (Å²) in [5, 5.41) is 11.2. The number of hydrogen-bond acceptors (Lipinski definition) is 7. The number of rotatable bonds is 5. The standard InChI is InChI=1S/C16H15N5O4S/c1-11-17-19-20-21(11)13-7-5-6-12(10-13)18-26(23,24)15-9-4-3-8-14(15)16(22)25-2/h3-10,18H,1-2H3. The maximum atomic E-state index is 12.7. The van der Waals surface area contributed by atoms with Gasteiger partial charge in [0.25, 0.3) is 10.0 Å². The zero-order valence-electron chi connectivity index (χ0n) is 13.9. The van der Waals surface area contributed by atoms with Crippen LogP contribution in [-0.2, 0) is 14.8 Å². The molecule has 0 aliphatic carbocycles. The van der Waals surface area contributed by atoms with E-state index in [-0.39, 0.29) is 10.5 Å². The fraction of sp³-hybridized carbons (Fsp3) is 0.125. The molecule has 1 N–H and O–H groups in total. The number of anilines is 1. The van der Waals surface area contributed by atoms with Crippen LogP contribution < -0.4 is 4.72 Å². The first-order valence-corrected chi connectivity index (χ1v) is 8.96. The Labute approximate surface area is 149 Å². The molecule has 0 radical (unpaired) electrons. The Bertz CT molecular complexity index is 1060. The van der Waals surface area contributed by atoms with E-state index in [9.17, 15) is 13.2 Å². The second-order valence-electron chi connectivity index (χ2n) is 5.28. The van der Waals surface area contributed by atoms with Crippen LogP contribution in [0.3, 0.4) is 0 Å². The normalized spacial score (nSPS) is 11.2. The highest BCUT2D eigenvalue weighted by Gasteiger charge is 2.22. The third kappa shape index (κ3) is 3.40. The molecule has 0 unspecified atom stereocenters. The fourth-order valence-corrected chi connectivity index (χ4v) is 3.61. The van der Waals surface area contributed by atoms with Crippen LogP contribution in [0.2, 0.25) is 0 Å². The molecule has 1 heterocycles. The molecule has 0 bridgehead atoms. The average Bonchev–Trinajstić information content (AvgIpc) is 3.07. The Morgan fingerprint density at radius 3 is 2.62 bits per heavy atom. The van der Waals surface area contributed by atoms with E-state index in [1.807, 2.05) is 0 Å². The molecular formula is C16H15N5O4S. The van der Waals surface area contributed by atoms with Gasteiger partial charge in [-0.15, -0.1) is 5.10 Å². The summed E-state index contributed by atoms with van der Waals surface area (Å²) < 4.78 is 34.1. The number of aryl methyl sites for hydroxylation is 1. The number of esters is 1. The van der Waals surface area contributed by atoms with Gasteiger partial charge in [-0.3, -0.25) is 4.72 Å². The molecular weight excluding hydrogens is 358 g/mol. The summed E-state index contributed by atoms with van der Waals surface area (Å²) in [5.41, 5.74) is 0.848. The first-order chi connectivity index (χ1) is 12.4. The van der Waals surface area contributed by atoms with Crippen molar-refractivity contribution >= 4 is 21.7 Å². The first kappa shape index (κ1) is 17.5. The Morgan fingerprint density at radius 2 is 1.92 bits per heavy atom. The quantitative estimate of drug-likeness (QED) is 0.675. The third-order valence-corrected chi connectivity index (χ3v) is 4.99. The van der Waals surface area contributed by atoms with Crippen LogP contribution in [0.4, 0.5) is 5.69 Å². The molecule has 0 saturated heterocycles. The van der Waals surface area contributed by atoms with E-state index < -0.39 is 16.0 Å². The van der Waals surface area contributed by atoms with Crippen molar-refractivity contribution in [1.29, 1.82) is 0 Å². The number of aromatic nitrogens is 4. The molecule has 0 fully saturated rings. The lowest BCUT2D eigenvalue weighted by atomic mass is 10.2. The molecule has 134 valence electrons. The molecule has 0 amide bonds. The van der Waals surface area contributed by atoms with Gasteiger partial charge in [0.15, 0.2) is 5.82 Å². The number of tetrazole rings is 1. The summed E-state index contributed by atoms with van der Waals surface area (Å²) in [6, 6.07) is 12.4. The lowest BCUT2D eigenvalue weighted by molar-refractivity contribution is 0.0596. The Hall–Kier alpha value is -3.27. The van der Waals surface area contributed by atoms with E-state index in [0.29, 0.717) is 17.2 Å². The van der Waals surface area contributed by atoms with Crippen LogP contribution in [0.5, 0.6) is 0 Å². The van der Waals surface area contributed by atoms with Crippen molar-refractivity contribution in [1.82, 2.24) is 20.2 Å². The Kier molecular flexibility index (Phi) is 4.67. The number of hydrogen-bond donors (Lipinski definition) is 1. The van der Waals surface area contributed by atoms with E-state index in [1.165, 1.54) is 30.0 Å². The van der Waals surface area contributed by atoms with Crippen LogP contribution in [0.25, 0.3) is 5.69 Å².